The van der Waals surface area contributed by atoms with E-state index in [0.29, 0.717) is 13.2 Å². The van der Waals surface area contributed by atoms with Crippen molar-refractivity contribution in [3.63, 3.8) is 0 Å². The average Bonchev–Trinajstić information content (AvgIpc) is 2.81. The second kappa shape index (κ2) is 11.2. The molecule has 2 unspecified atom stereocenters. The summed E-state index contributed by atoms with van der Waals surface area (Å²) in [4.78, 5) is 0. The van der Waals surface area contributed by atoms with Gasteiger partial charge in [-0.15, -0.1) is 0 Å². The standard InChI is InChI=1S/C27H32O4/c1-19-18-26(12-13-27(19)21(3)31-17-15-29)25-10-8-24(9-11-25)23-6-4-22(5-7-23)20(2)30-16-14-28/h4-13,18,20-21,28-29H,14-17H2,1-3H3. The number of hydrogen-bond acceptors (Lipinski definition) is 4. The minimum atomic E-state index is -0.0386. The third kappa shape index (κ3) is 6.02. The highest BCUT2D eigenvalue weighted by atomic mass is 16.5. The van der Waals surface area contributed by atoms with Crippen LogP contribution in [0.5, 0.6) is 0 Å². The molecule has 0 bridgehead atoms. The van der Waals surface area contributed by atoms with Crippen LogP contribution in [0.25, 0.3) is 22.3 Å². The topological polar surface area (TPSA) is 58.9 Å². The van der Waals surface area contributed by atoms with Crippen molar-refractivity contribution in [3.8, 4) is 22.3 Å². The Kier molecular flexibility index (Phi) is 8.38. The lowest BCUT2D eigenvalue weighted by molar-refractivity contribution is 0.0382. The normalized spacial score (nSPS) is 13.2. The number of rotatable bonds is 10. The minimum absolute atomic E-state index is 0.0348. The number of ether oxygens (including phenoxy) is 2. The van der Waals surface area contributed by atoms with Crippen LogP contribution in [0.15, 0.2) is 66.7 Å². The summed E-state index contributed by atoms with van der Waals surface area (Å²) in [5.74, 6) is 0. The fourth-order valence-corrected chi connectivity index (χ4v) is 3.76. The van der Waals surface area contributed by atoms with E-state index in [9.17, 15) is 0 Å². The Balaban J connectivity index is 1.72. The quantitative estimate of drug-likeness (QED) is 0.457. The van der Waals surface area contributed by atoms with Crippen LogP contribution < -0.4 is 0 Å². The Morgan fingerprint density at radius 2 is 1.10 bits per heavy atom. The van der Waals surface area contributed by atoms with Gasteiger partial charge in [-0.3, -0.25) is 0 Å². The van der Waals surface area contributed by atoms with Crippen molar-refractivity contribution in [1.82, 2.24) is 0 Å². The molecule has 0 radical (unpaired) electrons. The lowest BCUT2D eigenvalue weighted by Gasteiger charge is -2.16. The summed E-state index contributed by atoms with van der Waals surface area (Å²) >= 11 is 0. The van der Waals surface area contributed by atoms with Crippen molar-refractivity contribution >= 4 is 0 Å². The van der Waals surface area contributed by atoms with E-state index < -0.39 is 0 Å². The van der Waals surface area contributed by atoms with Crippen molar-refractivity contribution in [2.75, 3.05) is 26.4 Å². The van der Waals surface area contributed by atoms with E-state index >= 15 is 0 Å². The molecule has 4 heteroatoms. The van der Waals surface area contributed by atoms with Crippen molar-refractivity contribution < 1.29 is 19.7 Å². The van der Waals surface area contributed by atoms with E-state index in [4.69, 9.17) is 19.7 Å². The lowest BCUT2D eigenvalue weighted by atomic mass is 9.95. The molecular formula is C27H32O4. The predicted octanol–water partition coefficient (Wildman–Crippen LogP) is 5.47. The van der Waals surface area contributed by atoms with Gasteiger partial charge in [0.05, 0.1) is 38.6 Å². The first-order valence-corrected chi connectivity index (χ1v) is 10.8. The molecule has 164 valence electrons. The maximum atomic E-state index is 8.96. The Bertz CT molecular complexity index is 948. The second-order valence-corrected chi connectivity index (χ2v) is 7.74. The summed E-state index contributed by atoms with van der Waals surface area (Å²) in [7, 11) is 0. The lowest BCUT2D eigenvalue weighted by Crippen LogP contribution is -2.06. The zero-order valence-electron chi connectivity index (χ0n) is 18.5. The van der Waals surface area contributed by atoms with E-state index in [1.165, 1.54) is 22.3 Å². The first-order valence-electron chi connectivity index (χ1n) is 10.8. The maximum Gasteiger partial charge on any atom is 0.0800 e. The molecule has 0 amide bonds. The third-order valence-electron chi connectivity index (χ3n) is 5.56. The summed E-state index contributed by atoms with van der Waals surface area (Å²) < 4.78 is 11.2. The predicted molar refractivity (Wildman–Crippen MR) is 125 cm³/mol. The Labute approximate surface area is 185 Å². The Morgan fingerprint density at radius 1 is 0.645 bits per heavy atom. The molecule has 31 heavy (non-hydrogen) atoms. The molecule has 0 saturated carbocycles. The van der Waals surface area contributed by atoms with Crippen LogP contribution in [0.2, 0.25) is 0 Å². The van der Waals surface area contributed by atoms with E-state index in [0.717, 1.165) is 16.7 Å². The molecule has 0 fully saturated rings. The molecule has 2 N–H and O–H groups in total. The molecule has 0 aliphatic rings. The smallest absolute Gasteiger partial charge is 0.0800 e. The minimum Gasteiger partial charge on any atom is -0.394 e. The number of hydrogen-bond donors (Lipinski definition) is 2. The first-order chi connectivity index (χ1) is 15.0. The summed E-state index contributed by atoms with van der Waals surface area (Å²) in [5, 5.41) is 17.9. The van der Waals surface area contributed by atoms with Crippen LogP contribution in [-0.2, 0) is 9.47 Å². The summed E-state index contributed by atoms with van der Waals surface area (Å²) in [6.45, 7) is 6.86. The zero-order valence-corrected chi connectivity index (χ0v) is 18.5. The van der Waals surface area contributed by atoms with Gasteiger partial charge in [0.15, 0.2) is 0 Å². The molecule has 0 spiro atoms. The zero-order chi connectivity index (χ0) is 22.2. The van der Waals surface area contributed by atoms with Crippen molar-refractivity contribution in [2.24, 2.45) is 0 Å². The summed E-state index contributed by atoms with van der Waals surface area (Å²) in [5.41, 5.74) is 8.09. The van der Waals surface area contributed by atoms with E-state index in [1.807, 2.05) is 13.8 Å². The fraction of sp³-hybridized carbons (Fsp3) is 0.333. The van der Waals surface area contributed by atoms with Gasteiger partial charge in [-0.2, -0.15) is 0 Å². The van der Waals surface area contributed by atoms with Gasteiger partial charge in [-0.25, -0.2) is 0 Å². The van der Waals surface area contributed by atoms with E-state index in [2.05, 4.69) is 73.7 Å². The molecule has 0 aromatic heterocycles. The van der Waals surface area contributed by atoms with Gasteiger partial charge in [0.1, 0.15) is 0 Å². The van der Waals surface area contributed by atoms with Gasteiger partial charge in [0, 0.05) is 0 Å². The van der Waals surface area contributed by atoms with E-state index in [1.54, 1.807) is 0 Å². The van der Waals surface area contributed by atoms with Crippen LogP contribution >= 0.6 is 0 Å². The molecule has 3 rings (SSSR count). The molecule has 0 saturated heterocycles. The summed E-state index contributed by atoms with van der Waals surface area (Å²) in [6, 6.07) is 23.4. The highest BCUT2D eigenvalue weighted by molar-refractivity contribution is 5.71. The maximum absolute atomic E-state index is 8.96. The highest BCUT2D eigenvalue weighted by Crippen LogP contribution is 2.29. The van der Waals surface area contributed by atoms with Crippen molar-refractivity contribution in [1.29, 1.82) is 0 Å². The molecule has 4 nitrogen and oxygen atoms in total. The van der Waals surface area contributed by atoms with Crippen LogP contribution in [0.4, 0.5) is 0 Å². The Morgan fingerprint density at radius 3 is 1.61 bits per heavy atom. The molecular weight excluding hydrogens is 388 g/mol. The van der Waals surface area contributed by atoms with Gasteiger partial charge < -0.3 is 19.7 Å². The van der Waals surface area contributed by atoms with Gasteiger partial charge in [-0.1, -0.05) is 66.7 Å². The molecule has 3 aromatic rings. The Hall–Kier alpha value is -2.50. The van der Waals surface area contributed by atoms with Gasteiger partial charge in [0.25, 0.3) is 0 Å². The monoisotopic (exact) mass is 420 g/mol. The van der Waals surface area contributed by atoms with Crippen LogP contribution in [0, 0.1) is 6.92 Å². The highest BCUT2D eigenvalue weighted by Gasteiger charge is 2.10. The number of aliphatic hydroxyl groups excluding tert-OH is 2. The third-order valence-corrected chi connectivity index (χ3v) is 5.56. The average molecular weight is 421 g/mol. The molecule has 2 atom stereocenters. The molecule has 0 aliphatic carbocycles. The van der Waals surface area contributed by atoms with Crippen LogP contribution in [0.1, 0.15) is 42.7 Å². The number of aryl methyl sites for hydroxylation is 1. The fourth-order valence-electron chi connectivity index (χ4n) is 3.76. The van der Waals surface area contributed by atoms with E-state index in [-0.39, 0.29) is 25.4 Å². The number of benzene rings is 3. The SMILES string of the molecule is Cc1cc(-c2ccc(-c3ccc(C(C)OCCO)cc3)cc2)ccc1C(C)OCCO. The van der Waals surface area contributed by atoms with Crippen molar-refractivity contribution in [2.45, 2.75) is 33.0 Å². The van der Waals surface area contributed by atoms with Crippen LogP contribution in [-0.4, -0.2) is 36.6 Å². The van der Waals surface area contributed by atoms with Crippen molar-refractivity contribution in [3.05, 3.63) is 83.4 Å². The number of aliphatic hydroxyl groups is 2. The largest absolute Gasteiger partial charge is 0.394 e. The second-order valence-electron chi connectivity index (χ2n) is 7.74. The van der Waals surface area contributed by atoms with Gasteiger partial charge in [0.2, 0.25) is 0 Å². The van der Waals surface area contributed by atoms with Crippen LogP contribution in [0.3, 0.4) is 0 Å². The molecule has 3 aromatic carbocycles. The summed E-state index contributed by atoms with van der Waals surface area (Å²) in [6.07, 6.45) is -0.0742. The van der Waals surface area contributed by atoms with Gasteiger partial charge in [-0.05, 0) is 59.7 Å². The molecule has 0 aliphatic heterocycles. The van der Waals surface area contributed by atoms with Gasteiger partial charge >= 0.3 is 0 Å². The molecule has 0 heterocycles. The first kappa shape index (κ1) is 23.2.